The summed E-state index contributed by atoms with van der Waals surface area (Å²) in [6.45, 7) is 5.01. The number of nitrogen functional groups attached to an aromatic ring is 1. The molecule has 2 aliphatic rings. The quantitative estimate of drug-likeness (QED) is 0.618. The molecule has 3 aromatic rings. The third-order valence-corrected chi connectivity index (χ3v) is 5.84. The number of hydrogen-bond donors (Lipinski definition) is 1. The Morgan fingerprint density at radius 3 is 2.77 bits per heavy atom. The molecule has 1 fully saturated rings. The van der Waals surface area contributed by atoms with Gasteiger partial charge in [-0.1, -0.05) is 0 Å². The molecule has 0 radical (unpaired) electrons. The van der Waals surface area contributed by atoms with E-state index in [0.717, 1.165) is 60.0 Å². The molecular formula is C21H25N7O3. The summed E-state index contributed by atoms with van der Waals surface area (Å²) in [6, 6.07) is 0. The monoisotopic (exact) mass is 423 g/mol. The normalized spacial score (nSPS) is 18.7. The van der Waals surface area contributed by atoms with E-state index in [4.69, 9.17) is 25.2 Å². The van der Waals surface area contributed by atoms with E-state index in [1.54, 1.807) is 12.4 Å². The van der Waals surface area contributed by atoms with Crippen LogP contribution in [-0.4, -0.2) is 63.2 Å². The molecule has 3 aromatic heterocycles. The van der Waals surface area contributed by atoms with Gasteiger partial charge in [-0.2, -0.15) is 0 Å². The molecule has 5 rings (SSSR count). The van der Waals surface area contributed by atoms with E-state index in [1.807, 2.05) is 13.1 Å². The SMILES string of the molecule is CCOC(=O)C1CCc2nc3c(N4CCOCC4)nc(-c4cnc(N)nc4)cn3c2C1. The highest BCUT2D eigenvalue weighted by Gasteiger charge is 2.31. The maximum Gasteiger partial charge on any atom is 0.309 e. The van der Waals surface area contributed by atoms with E-state index < -0.39 is 0 Å². The molecule has 0 bridgehead atoms. The van der Waals surface area contributed by atoms with Crippen LogP contribution in [0.1, 0.15) is 24.7 Å². The molecule has 10 nitrogen and oxygen atoms in total. The van der Waals surface area contributed by atoms with E-state index in [-0.39, 0.29) is 17.8 Å². The van der Waals surface area contributed by atoms with Crippen LogP contribution < -0.4 is 10.6 Å². The number of imidazole rings is 1. The Bertz CT molecular complexity index is 1110. The van der Waals surface area contributed by atoms with Crippen LogP contribution in [0.2, 0.25) is 0 Å². The van der Waals surface area contributed by atoms with Gasteiger partial charge in [-0.05, 0) is 19.8 Å². The number of carbonyl (C=O) groups excluding carboxylic acids is 1. The first-order valence-corrected chi connectivity index (χ1v) is 10.6. The van der Waals surface area contributed by atoms with Crippen molar-refractivity contribution in [3.63, 3.8) is 0 Å². The minimum Gasteiger partial charge on any atom is -0.466 e. The highest BCUT2D eigenvalue weighted by Crippen LogP contribution is 2.32. The first-order valence-electron chi connectivity index (χ1n) is 10.6. The summed E-state index contributed by atoms with van der Waals surface area (Å²) in [4.78, 5) is 32.7. The Kier molecular flexibility index (Phi) is 5.14. The standard InChI is InChI=1S/C21H25N7O3/c1-2-31-20(29)13-3-4-15-17(9-13)28-12-16(14-10-23-21(22)24-11-14)26-18(19(28)25-15)27-5-7-30-8-6-27/h10-13H,2-9H2,1H3,(H2,22,23,24). The number of fused-ring (bicyclic) bond motifs is 3. The molecule has 0 aromatic carbocycles. The van der Waals surface area contributed by atoms with Crippen molar-refractivity contribution in [2.75, 3.05) is 43.5 Å². The zero-order valence-corrected chi connectivity index (χ0v) is 17.5. The van der Waals surface area contributed by atoms with E-state index >= 15 is 0 Å². The van der Waals surface area contributed by atoms with Gasteiger partial charge < -0.3 is 20.1 Å². The van der Waals surface area contributed by atoms with Gasteiger partial charge in [0, 0.05) is 49.4 Å². The molecule has 2 N–H and O–H groups in total. The summed E-state index contributed by atoms with van der Waals surface area (Å²) in [7, 11) is 0. The predicted octanol–water partition coefficient (Wildman–Crippen LogP) is 1.27. The molecule has 1 atom stereocenters. The average Bonchev–Trinajstić information content (AvgIpc) is 3.17. The van der Waals surface area contributed by atoms with E-state index in [0.29, 0.717) is 26.2 Å². The second-order valence-corrected chi connectivity index (χ2v) is 7.77. The molecule has 31 heavy (non-hydrogen) atoms. The van der Waals surface area contributed by atoms with Crippen LogP contribution in [0, 0.1) is 5.92 Å². The number of morpholine rings is 1. The second-order valence-electron chi connectivity index (χ2n) is 7.77. The summed E-state index contributed by atoms with van der Waals surface area (Å²) >= 11 is 0. The van der Waals surface area contributed by atoms with Gasteiger partial charge in [0.25, 0.3) is 0 Å². The largest absolute Gasteiger partial charge is 0.466 e. The van der Waals surface area contributed by atoms with Crippen molar-refractivity contribution < 1.29 is 14.3 Å². The fourth-order valence-electron chi connectivity index (χ4n) is 4.25. The number of anilines is 2. The number of nitrogens with zero attached hydrogens (tertiary/aromatic N) is 6. The Morgan fingerprint density at radius 2 is 2.03 bits per heavy atom. The van der Waals surface area contributed by atoms with Crippen molar-refractivity contribution in [3.05, 3.63) is 30.0 Å². The van der Waals surface area contributed by atoms with Crippen LogP contribution >= 0.6 is 0 Å². The van der Waals surface area contributed by atoms with Crippen LogP contribution in [0.25, 0.3) is 16.9 Å². The molecule has 1 aliphatic carbocycles. The number of rotatable bonds is 4. The van der Waals surface area contributed by atoms with Crippen molar-refractivity contribution in [1.29, 1.82) is 0 Å². The summed E-state index contributed by atoms with van der Waals surface area (Å²) in [5, 5.41) is 0. The Morgan fingerprint density at radius 1 is 1.26 bits per heavy atom. The zero-order chi connectivity index (χ0) is 21.4. The summed E-state index contributed by atoms with van der Waals surface area (Å²) in [5.41, 5.74) is 10.0. The van der Waals surface area contributed by atoms with Gasteiger partial charge in [-0.25, -0.2) is 19.9 Å². The molecule has 1 saturated heterocycles. The maximum atomic E-state index is 12.4. The highest BCUT2D eigenvalue weighted by atomic mass is 16.5. The number of aryl methyl sites for hydroxylation is 1. The average molecular weight is 423 g/mol. The van der Waals surface area contributed by atoms with Crippen LogP contribution in [0.3, 0.4) is 0 Å². The minimum absolute atomic E-state index is 0.141. The van der Waals surface area contributed by atoms with Gasteiger partial charge in [0.05, 0.1) is 37.1 Å². The molecular weight excluding hydrogens is 398 g/mol. The Labute approximate surface area is 179 Å². The van der Waals surface area contributed by atoms with Gasteiger partial charge in [0.1, 0.15) is 0 Å². The molecule has 0 amide bonds. The maximum absolute atomic E-state index is 12.4. The highest BCUT2D eigenvalue weighted by molar-refractivity contribution is 5.74. The van der Waals surface area contributed by atoms with Crippen molar-refractivity contribution >= 4 is 23.4 Å². The van der Waals surface area contributed by atoms with Gasteiger partial charge in [-0.15, -0.1) is 0 Å². The Balaban J connectivity index is 1.63. The number of esters is 1. The molecule has 1 aliphatic heterocycles. The first-order chi connectivity index (χ1) is 15.1. The van der Waals surface area contributed by atoms with Crippen molar-refractivity contribution in [3.8, 4) is 11.3 Å². The summed E-state index contributed by atoms with van der Waals surface area (Å²) in [6.07, 6.45) is 7.37. The summed E-state index contributed by atoms with van der Waals surface area (Å²) in [5.74, 6) is 0.726. The van der Waals surface area contributed by atoms with E-state index in [9.17, 15) is 4.79 Å². The number of nitrogens with two attached hydrogens (primary N) is 1. The zero-order valence-electron chi connectivity index (χ0n) is 17.5. The number of aromatic nitrogens is 5. The van der Waals surface area contributed by atoms with Gasteiger partial charge in [0.15, 0.2) is 11.5 Å². The number of carbonyl (C=O) groups is 1. The van der Waals surface area contributed by atoms with Crippen LogP contribution in [0.15, 0.2) is 18.6 Å². The van der Waals surface area contributed by atoms with E-state index in [2.05, 4.69) is 19.3 Å². The van der Waals surface area contributed by atoms with Gasteiger partial charge in [-0.3, -0.25) is 9.20 Å². The molecule has 10 heteroatoms. The van der Waals surface area contributed by atoms with Gasteiger partial charge >= 0.3 is 5.97 Å². The molecule has 162 valence electrons. The number of hydrogen-bond acceptors (Lipinski definition) is 9. The lowest BCUT2D eigenvalue weighted by Crippen LogP contribution is -2.37. The lowest BCUT2D eigenvalue weighted by Gasteiger charge is -2.28. The van der Waals surface area contributed by atoms with Crippen LogP contribution in [-0.2, 0) is 27.1 Å². The molecule has 0 spiro atoms. The van der Waals surface area contributed by atoms with Crippen molar-refractivity contribution in [2.24, 2.45) is 5.92 Å². The van der Waals surface area contributed by atoms with Crippen molar-refractivity contribution in [2.45, 2.75) is 26.2 Å². The fraction of sp³-hybridized carbons (Fsp3) is 0.476. The number of ether oxygens (including phenoxy) is 2. The summed E-state index contributed by atoms with van der Waals surface area (Å²) < 4.78 is 12.9. The third-order valence-electron chi connectivity index (χ3n) is 5.84. The Hall–Kier alpha value is -3.27. The molecule has 1 unspecified atom stereocenters. The van der Waals surface area contributed by atoms with E-state index in [1.165, 1.54) is 0 Å². The first kappa shape index (κ1) is 19.7. The lowest BCUT2D eigenvalue weighted by molar-refractivity contribution is -0.148. The smallest absolute Gasteiger partial charge is 0.309 e. The fourth-order valence-corrected chi connectivity index (χ4v) is 4.25. The van der Waals surface area contributed by atoms with Crippen molar-refractivity contribution in [1.82, 2.24) is 24.3 Å². The minimum atomic E-state index is -0.157. The predicted molar refractivity (Wildman–Crippen MR) is 114 cm³/mol. The molecule has 0 saturated carbocycles. The topological polar surface area (TPSA) is 121 Å². The van der Waals surface area contributed by atoms with Crippen LogP contribution in [0.5, 0.6) is 0 Å². The molecule has 4 heterocycles. The lowest BCUT2D eigenvalue weighted by atomic mass is 9.90. The van der Waals surface area contributed by atoms with Crippen LogP contribution in [0.4, 0.5) is 11.8 Å². The van der Waals surface area contributed by atoms with Gasteiger partial charge in [0.2, 0.25) is 5.95 Å². The third kappa shape index (κ3) is 3.67. The second kappa shape index (κ2) is 8.10.